The highest BCUT2D eigenvalue weighted by Crippen LogP contribution is 2.14. The summed E-state index contributed by atoms with van der Waals surface area (Å²) >= 11 is 0. The summed E-state index contributed by atoms with van der Waals surface area (Å²) in [5.74, 6) is 0.682. The summed E-state index contributed by atoms with van der Waals surface area (Å²) in [6.07, 6.45) is 1.22. The average molecular weight is 186 g/mol. The van der Waals surface area contributed by atoms with Crippen LogP contribution in [-0.2, 0) is 6.42 Å². The van der Waals surface area contributed by atoms with Crippen molar-refractivity contribution in [3.8, 4) is 17.9 Å². The van der Waals surface area contributed by atoms with Crippen molar-refractivity contribution in [1.82, 2.24) is 0 Å². The first-order valence-electron chi connectivity index (χ1n) is 4.32. The van der Waals surface area contributed by atoms with Crippen LogP contribution in [0.1, 0.15) is 12.0 Å². The number of rotatable bonds is 4. The van der Waals surface area contributed by atoms with E-state index in [2.05, 4.69) is 6.07 Å². The molecule has 0 aliphatic carbocycles. The molecule has 1 aromatic rings. The van der Waals surface area contributed by atoms with Gasteiger partial charge in [-0.25, -0.2) is 0 Å². The van der Waals surface area contributed by atoms with E-state index in [-0.39, 0.29) is 6.61 Å². The third-order valence-corrected chi connectivity index (χ3v) is 1.73. The van der Waals surface area contributed by atoms with Gasteiger partial charge in [-0.15, -0.1) is 0 Å². The number of aryl methyl sites for hydroxylation is 1. The molecule has 0 saturated heterocycles. The van der Waals surface area contributed by atoms with Crippen molar-refractivity contribution in [2.24, 2.45) is 0 Å². The van der Waals surface area contributed by atoms with E-state index in [1.807, 2.05) is 24.3 Å². The molecule has 0 spiro atoms. The van der Waals surface area contributed by atoms with Gasteiger partial charge in [0.25, 0.3) is 0 Å². The third-order valence-electron chi connectivity index (χ3n) is 1.73. The van der Waals surface area contributed by atoms with E-state index in [1.165, 1.54) is 0 Å². The highest BCUT2D eigenvalue weighted by Gasteiger charge is 1.96. The van der Waals surface area contributed by atoms with Crippen molar-refractivity contribution < 1.29 is 4.74 Å². The topological polar surface area (TPSA) is 56.8 Å². The zero-order chi connectivity index (χ0) is 10.2. The molecule has 3 heteroatoms. The van der Waals surface area contributed by atoms with Crippen molar-refractivity contribution in [3.05, 3.63) is 29.8 Å². The lowest BCUT2D eigenvalue weighted by atomic mass is 10.1. The van der Waals surface area contributed by atoms with Crippen LogP contribution in [0.5, 0.6) is 5.75 Å². The molecule has 1 rings (SSSR count). The molecule has 0 amide bonds. The van der Waals surface area contributed by atoms with Crippen LogP contribution in [0.15, 0.2) is 24.3 Å². The summed E-state index contributed by atoms with van der Waals surface area (Å²) in [5, 5.41) is 16.7. The van der Waals surface area contributed by atoms with Gasteiger partial charge in [0, 0.05) is 6.42 Å². The van der Waals surface area contributed by atoms with E-state index >= 15 is 0 Å². The Hall–Kier alpha value is -2.00. The zero-order valence-electron chi connectivity index (χ0n) is 7.73. The average Bonchev–Trinajstić information content (AvgIpc) is 2.24. The van der Waals surface area contributed by atoms with Crippen molar-refractivity contribution in [1.29, 1.82) is 10.5 Å². The Morgan fingerprint density at radius 1 is 1.21 bits per heavy atom. The van der Waals surface area contributed by atoms with Gasteiger partial charge in [0.1, 0.15) is 11.8 Å². The Bertz CT molecular complexity index is 340. The van der Waals surface area contributed by atoms with Gasteiger partial charge in [0.05, 0.1) is 6.07 Å². The molecule has 0 fully saturated rings. The lowest BCUT2D eigenvalue weighted by Crippen LogP contribution is -1.94. The van der Waals surface area contributed by atoms with Gasteiger partial charge >= 0.3 is 0 Å². The molecule has 0 atom stereocenters. The molecule has 0 N–H and O–H groups in total. The van der Waals surface area contributed by atoms with Crippen molar-refractivity contribution in [3.63, 3.8) is 0 Å². The predicted molar refractivity (Wildman–Crippen MR) is 51.5 cm³/mol. The largest absolute Gasteiger partial charge is 0.479 e. The van der Waals surface area contributed by atoms with Crippen LogP contribution in [0, 0.1) is 22.7 Å². The minimum absolute atomic E-state index is 0.0572. The zero-order valence-corrected chi connectivity index (χ0v) is 7.73. The monoisotopic (exact) mass is 186 g/mol. The van der Waals surface area contributed by atoms with Gasteiger partial charge in [-0.2, -0.15) is 10.5 Å². The number of benzene rings is 1. The Kier molecular flexibility index (Phi) is 4.04. The predicted octanol–water partition coefficient (Wildman–Crippen LogP) is 2.05. The second-order valence-corrected chi connectivity index (χ2v) is 2.75. The maximum atomic E-state index is 8.41. The molecule has 0 saturated carbocycles. The summed E-state index contributed by atoms with van der Waals surface area (Å²) in [6.45, 7) is 0.0572. The molecule has 0 aliphatic heterocycles. The molecule has 14 heavy (non-hydrogen) atoms. The summed E-state index contributed by atoms with van der Waals surface area (Å²) in [7, 11) is 0. The van der Waals surface area contributed by atoms with Gasteiger partial charge in [0.2, 0.25) is 0 Å². The van der Waals surface area contributed by atoms with Crippen LogP contribution >= 0.6 is 0 Å². The fourth-order valence-electron chi connectivity index (χ4n) is 1.11. The number of ether oxygens (including phenoxy) is 1. The first kappa shape index (κ1) is 10.1. The standard InChI is InChI=1S/C11H10N2O/c12-6-2-4-10-3-1-5-11(9-10)14-8-7-13/h1,3,5,9H,2,4,8H2. The van der Waals surface area contributed by atoms with E-state index in [4.69, 9.17) is 15.3 Å². The van der Waals surface area contributed by atoms with Gasteiger partial charge in [0.15, 0.2) is 6.61 Å². The number of nitrogens with zero attached hydrogens (tertiary/aromatic N) is 2. The van der Waals surface area contributed by atoms with Crippen LogP contribution < -0.4 is 4.74 Å². The normalized spacial score (nSPS) is 8.71. The number of hydrogen-bond donors (Lipinski definition) is 0. The van der Waals surface area contributed by atoms with E-state index in [1.54, 1.807) is 6.07 Å². The molecule has 3 nitrogen and oxygen atoms in total. The molecule has 1 aromatic carbocycles. The SMILES string of the molecule is N#CCCc1cccc(OCC#N)c1. The molecule has 0 aliphatic rings. The van der Waals surface area contributed by atoms with Gasteiger partial charge in [-0.05, 0) is 24.1 Å². The van der Waals surface area contributed by atoms with E-state index < -0.39 is 0 Å². The number of hydrogen-bond acceptors (Lipinski definition) is 3. The Morgan fingerprint density at radius 2 is 2.07 bits per heavy atom. The molecule has 0 bridgehead atoms. The highest BCUT2D eigenvalue weighted by atomic mass is 16.5. The summed E-state index contributed by atoms with van der Waals surface area (Å²) in [5.41, 5.74) is 1.06. The Morgan fingerprint density at radius 3 is 2.79 bits per heavy atom. The van der Waals surface area contributed by atoms with Crippen LogP contribution in [0.4, 0.5) is 0 Å². The fourth-order valence-corrected chi connectivity index (χ4v) is 1.11. The smallest absolute Gasteiger partial charge is 0.174 e. The summed E-state index contributed by atoms with van der Waals surface area (Å²) in [6, 6.07) is 11.4. The first-order valence-corrected chi connectivity index (χ1v) is 4.32. The molecular formula is C11H10N2O. The van der Waals surface area contributed by atoms with Crippen LogP contribution in [0.25, 0.3) is 0 Å². The van der Waals surface area contributed by atoms with Crippen molar-refractivity contribution in [2.75, 3.05) is 6.61 Å². The van der Waals surface area contributed by atoms with Crippen LogP contribution in [0.2, 0.25) is 0 Å². The van der Waals surface area contributed by atoms with E-state index in [9.17, 15) is 0 Å². The van der Waals surface area contributed by atoms with Gasteiger partial charge in [-0.1, -0.05) is 12.1 Å². The second-order valence-electron chi connectivity index (χ2n) is 2.75. The Labute approximate surface area is 83.2 Å². The molecule has 0 unspecified atom stereocenters. The molecule has 0 radical (unpaired) electrons. The molecule has 0 heterocycles. The van der Waals surface area contributed by atoms with Gasteiger partial charge in [-0.3, -0.25) is 0 Å². The first-order chi connectivity index (χ1) is 6.86. The summed E-state index contributed by atoms with van der Waals surface area (Å²) < 4.78 is 5.13. The van der Waals surface area contributed by atoms with E-state index in [0.717, 1.165) is 12.0 Å². The van der Waals surface area contributed by atoms with Gasteiger partial charge < -0.3 is 4.74 Å². The lowest BCUT2D eigenvalue weighted by molar-refractivity contribution is 0.368. The lowest BCUT2D eigenvalue weighted by Gasteiger charge is -2.03. The molecule has 70 valence electrons. The quantitative estimate of drug-likeness (QED) is 0.723. The van der Waals surface area contributed by atoms with Crippen LogP contribution in [0.3, 0.4) is 0 Å². The highest BCUT2D eigenvalue weighted by molar-refractivity contribution is 5.29. The minimum Gasteiger partial charge on any atom is -0.479 e. The maximum Gasteiger partial charge on any atom is 0.174 e. The van der Waals surface area contributed by atoms with Crippen molar-refractivity contribution >= 4 is 0 Å². The van der Waals surface area contributed by atoms with Crippen LogP contribution in [-0.4, -0.2) is 6.61 Å². The van der Waals surface area contributed by atoms with E-state index in [0.29, 0.717) is 12.2 Å². The third kappa shape index (κ3) is 3.16. The number of nitriles is 2. The minimum atomic E-state index is 0.0572. The second kappa shape index (κ2) is 5.61. The maximum absolute atomic E-state index is 8.41. The van der Waals surface area contributed by atoms with Crippen molar-refractivity contribution in [2.45, 2.75) is 12.8 Å². The Balaban J connectivity index is 2.61. The summed E-state index contributed by atoms with van der Waals surface area (Å²) in [4.78, 5) is 0. The fraction of sp³-hybridized carbons (Fsp3) is 0.273. The molecule has 0 aromatic heterocycles. The molecular weight excluding hydrogens is 176 g/mol.